The van der Waals surface area contributed by atoms with Gasteiger partial charge in [-0.1, -0.05) is 25.1 Å². The Morgan fingerprint density at radius 1 is 1.30 bits per heavy atom. The largest absolute Gasteiger partial charge is 0.361 e. The monoisotopic (exact) mass is 521 g/mol. The van der Waals surface area contributed by atoms with Gasteiger partial charge in [0.15, 0.2) is 5.96 Å². The van der Waals surface area contributed by atoms with Gasteiger partial charge in [0.05, 0.1) is 6.54 Å². The molecule has 1 aliphatic rings. The zero-order chi connectivity index (χ0) is 20.2. The van der Waals surface area contributed by atoms with E-state index in [-0.39, 0.29) is 24.0 Å². The smallest absolute Gasteiger partial charge is 0.191 e. The number of para-hydroxylation sites is 1. The molecule has 0 aliphatic carbocycles. The lowest BCUT2D eigenvalue weighted by Gasteiger charge is -2.25. The van der Waals surface area contributed by atoms with Crippen molar-refractivity contribution in [1.82, 2.24) is 30.4 Å². The maximum absolute atomic E-state index is 4.83. The van der Waals surface area contributed by atoms with Crippen molar-refractivity contribution in [3.8, 4) is 0 Å². The van der Waals surface area contributed by atoms with E-state index in [1.54, 1.807) is 0 Å². The number of benzene rings is 1. The number of aromatic amines is 1. The van der Waals surface area contributed by atoms with Crippen LogP contribution in [0.4, 0.5) is 0 Å². The number of halogens is 1. The maximum atomic E-state index is 4.83. The topological polar surface area (TPSA) is 82.9 Å². The van der Waals surface area contributed by atoms with Crippen molar-refractivity contribution < 1.29 is 0 Å². The third-order valence-corrected chi connectivity index (χ3v) is 5.57. The van der Waals surface area contributed by atoms with Crippen LogP contribution in [0.15, 0.2) is 29.4 Å². The molecular weight excluding hydrogens is 489 g/mol. The fraction of sp³-hybridized carbons (Fsp3) is 0.500. The second kappa shape index (κ2) is 10.3. The molecule has 0 bridgehead atoms. The summed E-state index contributed by atoms with van der Waals surface area (Å²) in [5.74, 6) is 2.83. The predicted octanol–water partition coefficient (Wildman–Crippen LogP) is 3.36. The van der Waals surface area contributed by atoms with Crippen LogP contribution in [-0.2, 0) is 25.8 Å². The Labute approximate surface area is 195 Å². The number of hydrogen-bond acceptors (Lipinski definition) is 3. The highest BCUT2D eigenvalue weighted by Crippen LogP contribution is 2.22. The molecule has 1 unspecified atom stereocenters. The molecule has 0 radical (unpaired) electrons. The van der Waals surface area contributed by atoms with Crippen molar-refractivity contribution >= 4 is 40.8 Å². The molecule has 1 aliphatic heterocycles. The van der Waals surface area contributed by atoms with Gasteiger partial charge in [0.2, 0.25) is 0 Å². The van der Waals surface area contributed by atoms with Gasteiger partial charge < -0.3 is 15.6 Å². The number of H-pyrrole nitrogens is 1. The predicted molar refractivity (Wildman–Crippen MR) is 133 cm³/mol. The lowest BCUT2D eigenvalue weighted by atomic mass is 10.1. The van der Waals surface area contributed by atoms with Crippen LogP contribution in [0.1, 0.15) is 43.0 Å². The van der Waals surface area contributed by atoms with Crippen molar-refractivity contribution in [2.45, 2.75) is 59.0 Å². The van der Waals surface area contributed by atoms with Gasteiger partial charge in [0, 0.05) is 42.7 Å². The summed E-state index contributed by atoms with van der Waals surface area (Å²) in [5, 5.41) is 12.8. The number of nitrogens with one attached hydrogen (secondary N) is 3. The summed E-state index contributed by atoms with van der Waals surface area (Å²) in [6.45, 7) is 8.68. The van der Waals surface area contributed by atoms with E-state index in [1.165, 1.54) is 22.0 Å². The first kappa shape index (κ1) is 22.6. The van der Waals surface area contributed by atoms with Gasteiger partial charge in [-0.3, -0.25) is 4.99 Å². The number of aliphatic imine (C=N–C) groups is 1. The van der Waals surface area contributed by atoms with Gasteiger partial charge in [0.1, 0.15) is 11.6 Å². The summed E-state index contributed by atoms with van der Waals surface area (Å²) in [4.78, 5) is 12.8. The summed E-state index contributed by atoms with van der Waals surface area (Å²) in [7, 11) is 0. The van der Waals surface area contributed by atoms with Crippen LogP contribution >= 0.6 is 24.0 Å². The molecule has 4 rings (SSSR count). The lowest BCUT2D eigenvalue weighted by Crippen LogP contribution is -2.47. The normalized spacial score (nSPS) is 16.2. The molecule has 162 valence electrons. The van der Waals surface area contributed by atoms with Crippen molar-refractivity contribution in [2.24, 2.45) is 4.99 Å². The Balaban J connectivity index is 0.00000256. The van der Waals surface area contributed by atoms with Crippen molar-refractivity contribution in [2.75, 3.05) is 13.1 Å². The van der Waals surface area contributed by atoms with E-state index in [0.29, 0.717) is 6.04 Å². The molecule has 8 heteroatoms. The van der Waals surface area contributed by atoms with E-state index in [9.17, 15) is 0 Å². The quantitative estimate of drug-likeness (QED) is 0.264. The minimum Gasteiger partial charge on any atom is -0.361 e. The first-order chi connectivity index (χ1) is 14.2. The molecule has 3 N–H and O–H groups in total. The average Bonchev–Trinajstić information content (AvgIpc) is 3.30. The molecule has 0 amide bonds. The Morgan fingerprint density at radius 3 is 2.97 bits per heavy atom. The van der Waals surface area contributed by atoms with E-state index >= 15 is 0 Å². The maximum Gasteiger partial charge on any atom is 0.191 e. The fourth-order valence-electron chi connectivity index (χ4n) is 4.13. The summed E-state index contributed by atoms with van der Waals surface area (Å²) in [5.41, 5.74) is 3.96. The van der Waals surface area contributed by atoms with E-state index in [2.05, 4.69) is 63.9 Å². The Morgan fingerprint density at radius 2 is 2.17 bits per heavy atom. The van der Waals surface area contributed by atoms with Crippen LogP contribution in [0, 0.1) is 6.92 Å². The van der Waals surface area contributed by atoms with Gasteiger partial charge in [-0.05, 0) is 44.2 Å². The fourth-order valence-corrected chi connectivity index (χ4v) is 4.13. The van der Waals surface area contributed by atoms with E-state index < -0.39 is 0 Å². The molecule has 7 nitrogen and oxygen atoms in total. The summed E-state index contributed by atoms with van der Waals surface area (Å²) in [6, 6.07) is 6.87. The van der Waals surface area contributed by atoms with Crippen molar-refractivity contribution in [3.63, 3.8) is 0 Å². The molecule has 1 atom stereocenters. The summed E-state index contributed by atoms with van der Waals surface area (Å²) in [6.07, 6.45) is 6.09. The SMILES string of the molecule is CCNC(=NCCc1c[nH]c2c(CC)cccc12)NC1CCc2nc(C)nn2C1.I. The van der Waals surface area contributed by atoms with Crippen molar-refractivity contribution in [1.29, 1.82) is 0 Å². The van der Waals surface area contributed by atoms with Gasteiger partial charge in [-0.25, -0.2) is 9.67 Å². The summed E-state index contributed by atoms with van der Waals surface area (Å²) >= 11 is 0. The number of nitrogens with zero attached hydrogens (tertiary/aromatic N) is 4. The molecule has 0 fully saturated rings. The first-order valence-electron chi connectivity index (χ1n) is 10.7. The Kier molecular flexibility index (Phi) is 7.74. The highest BCUT2D eigenvalue weighted by Gasteiger charge is 2.21. The number of aryl methyl sites for hydroxylation is 3. The molecule has 3 aromatic rings. The number of aromatic nitrogens is 4. The number of fused-ring (bicyclic) bond motifs is 2. The molecular formula is C22H32IN7. The highest BCUT2D eigenvalue weighted by atomic mass is 127. The van der Waals surface area contributed by atoms with E-state index in [1.807, 2.05) is 11.6 Å². The molecule has 3 heterocycles. The molecule has 0 spiro atoms. The van der Waals surface area contributed by atoms with Crippen LogP contribution in [0.5, 0.6) is 0 Å². The zero-order valence-corrected chi connectivity index (χ0v) is 20.4. The molecule has 0 saturated heterocycles. The number of rotatable bonds is 6. The molecule has 30 heavy (non-hydrogen) atoms. The Bertz CT molecular complexity index is 1000. The zero-order valence-electron chi connectivity index (χ0n) is 18.0. The molecule has 2 aromatic heterocycles. The Hall–Kier alpha value is -2.10. The number of hydrogen-bond donors (Lipinski definition) is 3. The molecule has 0 saturated carbocycles. The second-order valence-electron chi connectivity index (χ2n) is 7.66. The lowest BCUT2D eigenvalue weighted by molar-refractivity contribution is 0.392. The third kappa shape index (κ3) is 4.96. The van der Waals surface area contributed by atoms with E-state index in [0.717, 1.165) is 62.9 Å². The average molecular weight is 521 g/mol. The molecule has 1 aromatic carbocycles. The number of guanidine groups is 1. The van der Waals surface area contributed by atoms with Gasteiger partial charge in [-0.15, -0.1) is 24.0 Å². The standard InChI is InChI=1S/C22H31N7.HI/c1-4-16-7-6-8-19-17(13-25-21(16)19)11-12-24-22(23-5-2)27-18-9-10-20-26-15(3)28-29(20)14-18;/h6-8,13,18,25H,4-5,9-12,14H2,1-3H3,(H2,23,24,27);1H. The summed E-state index contributed by atoms with van der Waals surface area (Å²) < 4.78 is 2.03. The minimum absolute atomic E-state index is 0. The third-order valence-electron chi connectivity index (χ3n) is 5.57. The first-order valence-corrected chi connectivity index (χ1v) is 10.7. The van der Waals surface area contributed by atoms with Crippen LogP contribution in [0.25, 0.3) is 10.9 Å². The highest BCUT2D eigenvalue weighted by molar-refractivity contribution is 14.0. The van der Waals surface area contributed by atoms with Crippen LogP contribution in [0.3, 0.4) is 0 Å². The van der Waals surface area contributed by atoms with Crippen molar-refractivity contribution in [3.05, 3.63) is 47.2 Å². The van der Waals surface area contributed by atoms with E-state index in [4.69, 9.17) is 4.99 Å². The van der Waals surface area contributed by atoms with Gasteiger partial charge in [-0.2, -0.15) is 5.10 Å². The second-order valence-corrected chi connectivity index (χ2v) is 7.66. The van der Waals surface area contributed by atoms with Crippen LogP contribution in [-0.4, -0.2) is 44.8 Å². The van der Waals surface area contributed by atoms with Crippen LogP contribution in [0.2, 0.25) is 0 Å². The van der Waals surface area contributed by atoms with Gasteiger partial charge in [0.25, 0.3) is 0 Å². The van der Waals surface area contributed by atoms with Crippen LogP contribution < -0.4 is 10.6 Å². The minimum atomic E-state index is 0. The van der Waals surface area contributed by atoms with Gasteiger partial charge >= 0.3 is 0 Å².